The average Bonchev–Trinajstić information content (AvgIpc) is 2.66. The second kappa shape index (κ2) is 10.5. The van der Waals surface area contributed by atoms with E-state index in [-0.39, 0.29) is 11.6 Å². The minimum absolute atomic E-state index is 0.0414. The molecule has 0 aromatic heterocycles. The summed E-state index contributed by atoms with van der Waals surface area (Å²) in [7, 11) is 0. The number of amides is 1. The highest BCUT2D eigenvalue weighted by molar-refractivity contribution is 9.10. The van der Waals surface area contributed by atoms with E-state index in [0.717, 1.165) is 10.0 Å². The molecule has 0 radical (unpaired) electrons. The Bertz CT molecular complexity index is 884. The standard InChI is InChI=1S/C22H23BrN2O3/c1-4-27-21-12-17(11-18(13-24)22(26)25-15(2)3)7-10-20(21)28-14-16-5-8-19(23)9-6-16/h5-12,15H,4,14H2,1-3H3,(H,25,26)/b18-11-. The van der Waals surface area contributed by atoms with Crippen molar-refractivity contribution in [3.05, 3.63) is 63.6 Å². The molecule has 5 nitrogen and oxygen atoms in total. The molecular formula is C22H23BrN2O3. The average molecular weight is 443 g/mol. The molecule has 146 valence electrons. The van der Waals surface area contributed by atoms with Gasteiger partial charge < -0.3 is 14.8 Å². The number of hydrogen-bond donors (Lipinski definition) is 1. The number of halogens is 1. The van der Waals surface area contributed by atoms with Crippen molar-refractivity contribution in [3.63, 3.8) is 0 Å². The van der Waals surface area contributed by atoms with E-state index in [0.29, 0.717) is 30.3 Å². The molecule has 28 heavy (non-hydrogen) atoms. The molecule has 1 amide bonds. The van der Waals surface area contributed by atoms with Gasteiger partial charge in [-0.15, -0.1) is 0 Å². The maximum Gasteiger partial charge on any atom is 0.262 e. The molecule has 0 heterocycles. The first kappa shape index (κ1) is 21.5. The first-order valence-corrected chi connectivity index (χ1v) is 9.79. The van der Waals surface area contributed by atoms with Crippen LogP contribution in [0.1, 0.15) is 31.9 Å². The topological polar surface area (TPSA) is 71.3 Å². The second-order valence-corrected chi connectivity index (χ2v) is 7.27. The van der Waals surface area contributed by atoms with Crippen LogP contribution in [-0.4, -0.2) is 18.6 Å². The van der Waals surface area contributed by atoms with Crippen molar-refractivity contribution in [2.24, 2.45) is 0 Å². The monoisotopic (exact) mass is 442 g/mol. The van der Waals surface area contributed by atoms with Crippen LogP contribution in [0.25, 0.3) is 6.08 Å². The third-order valence-corrected chi connectivity index (χ3v) is 4.20. The van der Waals surface area contributed by atoms with E-state index in [1.807, 2.05) is 51.1 Å². The van der Waals surface area contributed by atoms with Crippen LogP contribution in [0.2, 0.25) is 0 Å². The molecular weight excluding hydrogens is 420 g/mol. The summed E-state index contributed by atoms with van der Waals surface area (Å²) < 4.78 is 12.6. The fraction of sp³-hybridized carbons (Fsp3) is 0.273. The van der Waals surface area contributed by atoms with Crippen molar-refractivity contribution in [2.75, 3.05) is 6.61 Å². The van der Waals surface area contributed by atoms with Crippen molar-refractivity contribution in [1.29, 1.82) is 5.26 Å². The van der Waals surface area contributed by atoms with Crippen LogP contribution in [0.4, 0.5) is 0 Å². The predicted octanol–water partition coefficient (Wildman–Crippen LogP) is 4.86. The summed E-state index contributed by atoms with van der Waals surface area (Å²) in [5, 5.41) is 12.0. The molecule has 6 heteroatoms. The quantitative estimate of drug-likeness (QED) is 0.467. The Morgan fingerprint density at radius 3 is 2.50 bits per heavy atom. The van der Waals surface area contributed by atoms with Crippen LogP contribution in [0.5, 0.6) is 11.5 Å². The lowest BCUT2D eigenvalue weighted by atomic mass is 10.1. The Kier molecular flexibility index (Phi) is 8.09. The van der Waals surface area contributed by atoms with Crippen LogP contribution in [-0.2, 0) is 11.4 Å². The van der Waals surface area contributed by atoms with E-state index >= 15 is 0 Å². The van der Waals surface area contributed by atoms with Gasteiger partial charge in [-0.05, 0) is 62.2 Å². The van der Waals surface area contributed by atoms with Crippen LogP contribution in [0, 0.1) is 11.3 Å². The van der Waals surface area contributed by atoms with Crippen LogP contribution in [0.15, 0.2) is 52.5 Å². The largest absolute Gasteiger partial charge is 0.490 e. The van der Waals surface area contributed by atoms with Gasteiger partial charge in [0.15, 0.2) is 11.5 Å². The predicted molar refractivity (Wildman–Crippen MR) is 113 cm³/mol. The minimum atomic E-state index is -0.397. The first-order chi connectivity index (χ1) is 13.4. The Balaban J connectivity index is 2.21. The summed E-state index contributed by atoms with van der Waals surface area (Å²) in [6, 6.07) is 15.1. The molecule has 2 rings (SSSR count). The van der Waals surface area contributed by atoms with Crippen LogP contribution in [0.3, 0.4) is 0 Å². The highest BCUT2D eigenvalue weighted by Crippen LogP contribution is 2.30. The molecule has 2 aromatic rings. The lowest BCUT2D eigenvalue weighted by Crippen LogP contribution is -2.30. The van der Waals surface area contributed by atoms with Crippen molar-refractivity contribution in [1.82, 2.24) is 5.32 Å². The number of nitriles is 1. The van der Waals surface area contributed by atoms with Gasteiger partial charge in [-0.25, -0.2) is 0 Å². The van der Waals surface area contributed by atoms with Crippen molar-refractivity contribution < 1.29 is 14.3 Å². The van der Waals surface area contributed by atoms with Crippen molar-refractivity contribution in [2.45, 2.75) is 33.4 Å². The third kappa shape index (κ3) is 6.43. The first-order valence-electron chi connectivity index (χ1n) is 8.99. The van der Waals surface area contributed by atoms with Gasteiger partial charge in [-0.2, -0.15) is 5.26 Å². The molecule has 0 bridgehead atoms. The van der Waals surface area contributed by atoms with Gasteiger partial charge in [0.05, 0.1) is 6.61 Å². The van der Waals surface area contributed by atoms with E-state index in [1.54, 1.807) is 24.3 Å². The second-order valence-electron chi connectivity index (χ2n) is 6.35. The van der Waals surface area contributed by atoms with E-state index < -0.39 is 5.91 Å². The lowest BCUT2D eigenvalue weighted by Gasteiger charge is -2.13. The Morgan fingerprint density at radius 1 is 1.18 bits per heavy atom. The summed E-state index contributed by atoms with van der Waals surface area (Å²) in [6.07, 6.45) is 1.54. The SMILES string of the molecule is CCOc1cc(/C=C(/C#N)C(=O)NC(C)C)ccc1OCc1ccc(Br)cc1. The molecule has 0 aliphatic carbocycles. The fourth-order valence-corrected chi connectivity index (χ4v) is 2.66. The molecule has 0 fully saturated rings. The normalized spacial score (nSPS) is 11.1. The summed E-state index contributed by atoms with van der Waals surface area (Å²) in [4.78, 5) is 12.1. The molecule has 0 unspecified atom stereocenters. The maximum atomic E-state index is 12.1. The van der Waals surface area contributed by atoms with Gasteiger partial charge in [-0.1, -0.05) is 34.1 Å². The Morgan fingerprint density at radius 2 is 1.89 bits per heavy atom. The summed E-state index contributed by atoms with van der Waals surface area (Å²) in [5.41, 5.74) is 1.77. The zero-order valence-electron chi connectivity index (χ0n) is 16.2. The van der Waals surface area contributed by atoms with Gasteiger partial charge in [0.1, 0.15) is 18.2 Å². The molecule has 1 N–H and O–H groups in total. The van der Waals surface area contributed by atoms with Gasteiger partial charge in [0.2, 0.25) is 0 Å². The highest BCUT2D eigenvalue weighted by atomic mass is 79.9. The molecule has 2 aromatic carbocycles. The number of ether oxygens (including phenoxy) is 2. The van der Waals surface area contributed by atoms with Crippen molar-refractivity contribution in [3.8, 4) is 17.6 Å². The number of hydrogen-bond acceptors (Lipinski definition) is 4. The number of rotatable bonds is 8. The fourth-order valence-electron chi connectivity index (χ4n) is 2.40. The molecule has 0 saturated heterocycles. The minimum Gasteiger partial charge on any atom is -0.490 e. The van der Waals surface area contributed by atoms with Gasteiger partial charge in [0.25, 0.3) is 5.91 Å². The summed E-state index contributed by atoms with van der Waals surface area (Å²) in [6.45, 7) is 6.46. The van der Waals surface area contributed by atoms with Gasteiger partial charge in [-0.3, -0.25) is 4.79 Å². The molecule has 0 aliphatic heterocycles. The van der Waals surface area contributed by atoms with E-state index in [4.69, 9.17) is 9.47 Å². The Labute approximate surface area is 174 Å². The van der Waals surface area contributed by atoms with E-state index in [2.05, 4.69) is 21.2 Å². The number of carbonyl (C=O) groups is 1. The summed E-state index contributed by atoms with van der Waals surface area (Å²) in [5.74, 6) is 0.771. The zero-order valence-corrected chi connectivity index (χ0v) is 17.7. The number of nitrogens with one attached hydrogen (secondary N) is 1. The zero-order chi connectivity index (χ0) is 20.5. The third-order valence-electron chi connectivity index (χ3n) is 3.67. The van der Waals surface area contributed by atoms with E-state index in [9.17, 15) is 10.1 Å². The van der Waals surface area contributed by atoms with Gasteiger partial charge >= 0.3 is 0 Å². The van der Waals surface area contributed by atoms with Crippen LogP contribution < -0.4 is 14.8 Å². The molecule has 0 atom stereocenters. The smallest absolute Gasteiger partial charge is 0.262 e. The molecule has 0 aliphatic rings. The van der Waals surface area contributed by atoms with Crippen molar-refractivity contribution >= 4 is 27.9 Å². The highest BCUT2D eigenvalue weighted by Gasteiger charge is 2.12. The van der Waals surface area contributed by atoms with E-state index in [1.165, 1.54) is 0 Å². The number of nitrogens with zero attached hydrogens (tertiary/aromatic N) is 1. The van der Waals surface area contributed by atoms with Gasteiger partial charge in [0, 0.05) is 10.5 Å². The van der Waals surface area contributed by atoms with Crippen LogP contribution >= 0.6 is 15.9 Å². The lowest BCUT2D eigenvalue weighted by molar-refractivity contribution is -0.117. The number of carbonyl (C=O) groups excluding carboxylic acids is 1. The number of benzene rings is 2. The summed E-state index contributed by atoms with van der Waals surface area (Å²) >= 11 is 3.41. The maximum absolute atomic E-state index is 12.1. The molecule has 0 saturated carbocycles. The molecule has 0 spiro atoms. The Hall–Kier alpha value is -2.78.